The molecule has 0 radical (unpaired) electrons. The number of hydrogen-bond acceptors (Lipinski definition) is 3. The van der Waals surface area contributed by atoms with Crippen LogP contribution in [-0.2, 0) is 4.74 Å². The zero-order chi connectivity index (χ0) is 10.9. The van der Waals surface area contributed by atoms with E-state index in [9.17, 15) is 0 Å². The number of thioether (sulfide) groups is 1. The van der Waals surface area contributed by atoms with Gasteiger partial charge in [-0.05, 0) is 31.4 Å². The van der Waals surface area contributed by atoms with Crippen LogP contribution < -0.4 is 5.32 Å². The smallest absolute Gasteiger partial charge is 0.0590 e. The second-order valence-electron chi connectivity index (χ2n) is 4.15. The van der Waals surface area contributed by atoms with Crippen molar-refractivity contribution in [3.05, 3.63) is 0 Å². The topological polar surface area (TPSA) is 21.3 Å². The van der Waals surface area contributed by atoms with Gasteiger partial charge in [-0.1, -0.05) is 13.8 Å². The van der Waals surface area contributed by atoms with Crippen LogP contribution >= 0.6 is 11.8 Å². The molecule has 1 rings (SSSR count). The highest BCUT2D eigenvalue weighted by atomic mass is 32.2. The molecule has 0 aromatic heterocycles. The fourth-order valence-corrected chi connectivity index (χ4v) is 3.24. The monoisotopic (exact) mass is 231 g/mol. The van der Waals surface area contributed by atoms with E-state index in [0.717, 1.165) is 37.5 Å². The van der Waals surface area contributed by atoms with E-state index < -0.39 is 0 Å². The van der Waals surface area contributed by atoms with E-state index in [1.54, 1.807) is 0 Å². The van der Waals surface area contributed by atoms with Gasteiger partial charge in [0.2, 0.25) is 0 Å². The van der Waals surface area contributed by atoms with Gasteiger partial charge in [0.1, 0.15) is 0 Å². The Morgan fingerprint density at radius 1 is 1.27 bits per heavy atom. The molecule has 0 bridgehead atoms. The van der Waals surface area contributed by atoms with Gasteiger partial charge in [-0.2, -0.15) is 11.8 Å². The van der Waals surface area contributed by atoms with Crippen molar-refractivity contribution >= 4 is 11.8 Å². The van der Waals surface area contributed by atoms with Gasteiger partial charge in [-0.25, -0.2) is 0 Å². The largest absolute Gasteiger partial charge is 0.380 e. The molecule has 2 nitrogen and oxygen atoms in total. The van der Waals surface area contributed by atoms with Crippen LogP contribution in [0.25, 0.3) is 0 Å². The maximum atomic E-state index is 5.45. The van der Waals surface area contributed by atoms with E-state index in [2.05, 4.69) is 30.9 Å². The van der Waals surface area contributed by atoms with E-state index in [-0.39, 0.29) is 0 Å². The molecule has 15 heavy (non-hydrogen) atoms. The number of ether oxygens (including phenoxy) is 1. The molecule has 1 aliphatic rings. The summed E-state index contributed by atoms with van der Waals surface area (Å²) < 4.78 is 5.45. The molecule has 0 aromatic carbocycles. The van der Waals surface area contributed by atoms with Crippen molar-refractivity contribution < 1.29 is 4.74 Å². The maximum absolute atomic E-state index is 5.45. The second-order valence-corrected chi connectivity index (χ2v) is 5.73. The van der Waals surface area contributed by atoms with Gasteiger partial charge in [0.05, 0.1) is 6.61 Å². The van der Waals surface area contributed by atoms with Crippen LogP contribution in [0.1, 0.15) is 39.5 Å². The minimum absolute atomic E-state index is 0.749. The molecule has 0 heterocycles. The third-order valence-corrected chi connectivity index (χ3v) is 4.05. The lowest BCUT2D eigenvalue weighted by atomic mass is 10.2. The van der Waals surface area contributed by atoms with Crippen LogP contribution in [-0.4, -0.2) is 36.8 Å². The standard InChI is InChI=1S/C12H25NOS/c1-3-8-14-9-7-13-11-5-6-12(10-11)15-4-2/h11-13H,3-10H2,1-2H3. The van der Waals surface area contributed by atoms with Crippen LogP contribution in [0.2, 0.25) is 0 Å². The molecule has 0 spiro atoms. The highest BCUT2D eigenvalue weighted by molar-refractivity contribution is 7.99. The van der Waals surface area contributed by atoms with Crippen molar-refractivity contribution in [2.45, 2.75) is 50.8 Å². The van der Waals surface area contributed by atoms with Gasteiger partial charge in [0.15, 0.2) is 0 Å². The SMILES string of the molecule is CCCOCCNC1CCC(SCC)C1. The van der Waals surface area contributed by atoms with Crippen LogP contribution in [0.5, 0.6) is 0 Å². The molecule has 0 aliphatic heterocycles. The molecule has 1 fully saturated rings. The molecule has 0 amide bonds. The molecule has 1 N–H and O–H groups in total. The van der Waals surface area contributed by atoms with E-state index in [4.69, 9.17) is 4.74 Å². The lowest BCUT2D eigenvalue weighted by Gasteiger charge is -2.12. The molecule has 1 saturated carbocycles. The Kier molecular flexibility index (Phi) is 7.49. The van der Waals surface area contributed by atoms with E-state index in [0.29, 0.717) is 0 Å². The van der Waals surface area contributed by atoms with E-state index in [1.807, 2.05) is 0 Å². The van der Waals surface area contributed by atoms with Crippen molar-refractivity contribution in [3.8, 4) is 0 Å². The Bertz CT molecular complexity index is 155. The molecule has 2 unspecified atom stereocenters. The summed E-state index contributed by atoms with van der Waals surface area (Å²) in [5, 5.41) is 4.50. The van der Waals surface area contributed by atoms with E-state index in [1.165, 1.54) is 25.0 Å². The second kappa shape index (κ2) is 8.43. The van der Waals surface area contributed by atoms with Gasteiger partial charge in [-0.15, -0.1) is 0 Å². The summed E-state index contributed by atoms with van der Waals surface area (Å²) in [7, 11) is 0. The van der Waals surface area contributed by atoms with Gasteiger partial charge < -0.3 is 10.1 Å². The van der Waals surface area contributed by atoms with Crippen LogP contribution in [0, 0.1) is 0 Å². The zero-order valence-corrected chi connectivity index (χ0v) is 10.9. The number of hydrogen-bond donors (Lipinski definition) is 1. The van der Waals surface area contributed by atoms with Crippen molar-refractivity contribution in [1.82, 2.24) is 5.32 Å². The molecule has 2 atom stereocenters. The molecule has 0 saturated heterocycles. The summed E-state index contributed by atoms with van der Waals surface area (Å²) >= 11 is 2.12. The normalized spacial score (nSPS) is 26.0. The molecule has 3 heteroatoms. The molecule has 1 aliphatic carbocycles. The van der Waals surface area contributed by atoms with Crippen molar-refractivity contribution in [3.63, 3.8) is 0 Å². The highest BCUT2D eigenvalue weighted by Gasteiger charge is 2.23. The fraction of sp³-hybridized carbons (Fsp3) is 1.00. The molecule has 0 aromatic rings. The summed E-state index contributed by atoms with van der Waals surface area (Å²) in [6, 6.07) is 0.749. The Labute approximate surface area is 98.5 Å². The Morgan fingerprint density at radius 3 is 2.87 bits per heavy atom. The lowest BCUT2D eigenvalue weighted by Crippen LogP contribution is -2.30. The summed E-state index contributed by atoms with van der Waals surface area (Å²) in [5.41, 5.74) is 0. The number of nitrogens with one attached hydrogen (secondary N) is 1. The summed E-state index contributed by atoms with van der Waals surface area (Å²) in [6.07, 6.45) is 5.22. The van der Waals surface area contributed by atoms with Gasteiger partial charge >= 0.3 is 0 Å². The average Bonchev–Trinajstić information content (AvgIpc) is 2.66. The molecule has 90 valence electrons. The molecular formula is C12H25NOS. The predicted molar refractivity (Wildman–Crippen MR) is 68.7 cm³/mol. The van der Waals surface area contributed by atoms with Crippen molar-refractivity contribution in [2.75, 3.05) is 25.5 Å². The van der Waals surface area contributed by atoms with Crippen LogP contribution in [0.3, 0.4) is 0 Å². The van der Waals surface area contributed by atoms with Gasteiger partial charge in [0.25, 0.3) is 0 Å². The molecular weight excluding hydrogens is 206 g/mol. The lowest BCUT2D eigenvalue weighted by molar-refractivity contribution is 0.134. The predicted octanol–water partition coefficient (Wildman–Crippen LogP) is 2.68. The first-order chi connectivity index (χ1) is 7.36. The zero-order valence-electron chi connectivity index (χ0n) is 10.1. The van der Waals surface area contributed by atoms with Crippen molar-refractivity contribution in [2.24, 2.45) is 0 Å². The van der Waals surface area contributed by atoms with Crippen LogP contribution in [0.15, 0.2) is 0 Å². The highest BCUT2D eigenvalue weighted by Crippen LogP contribution is 2.29. The first-order valence-corrected chi connectivity index (χ1v) is 7.34. The minimum Gasteiger partial charge on any atom is -0.380 e. The van der Waals surface area contributed by atoms with E-state index >= 15 is 0 Å². The first-order valence-electron chi connectivity index (χ1n) is 6.29. The third kappa shape index (κ3) is 5.79. The quantitative estimate of drug-likeness (QED) is 0.649. The first kappa shape index (κ1) is 13.3. The minimum atomic E-state index is 0.749. The summed E-state index contributed by atoms with van der Waals surface area (Å²) in [5.74, 6) is 1.26. The Morgan fingerprint density at radius 2 is 2.13 bits per heavy atom. The van der Waals surface area contributed by atoms with Gasteiger partial charge in [-0.3, -0.25) is 0 Å². The maximum Gasteiger partial charge on any atom is 0.0590 e. The van der Waals surface area contributed by atoms with Gasteiger partial charge in [0, 0.05) is 24.4 Å². The summed E-state index contributed by atoms with van der Waals surface area (Å²) in [4.78, 5) is 0. The third-order valence-electron chi connectivity index (χ3n) is 2.81. The summed E-state index contributed by atoms with van der Waals surface area (Å²) in [6.45, 7) is 7.20. The van der Waals surface area contributed by atoms with Crippen LogP contribution in [0.4, 0.5) is 0 Å². The number of rotatable bonds is 8. The average molecular weight is 231 g/mol. The fourth-order valence-electron chi connectivity index (χ4n) is 2.09. The van der Waals surface area contributed by atoms with Crippen molar-refractivity contribution in [1.29, 1.82) is 0 Å². The Hall–Kier alpha value is 0.270. The Balaban J connectivity index is 1.94.